The lowest BCUT2D eigenvalue weighted by Gasteiger charge is -2.20. The van der Waals surface area contributed by atoms with Gasteiger partial charge in [-0.1, -0.05) is 0 Å². The van der Waals surface area contributed by atoms with E-state index in [1.54, 1.807) is 0 Å². The van der Waals surface area contributed by atoms with Crippen molar-refractivity contribution >= 4 is 5.96 Å². The van der Waals surface area contributed by atoms with Gasteiger partial charge >= 0.3 is 0 Å². The van der Waals surface area contributed by atoms with E-state index in [4.69, 9.17) is 11.5 Å². The monoisotopic (exact) mass is 214 g/mol. The predicted molar refractivity (Wildman–Crippen MR) is 62.9 cm³/mol. The Morgan fingerprint density at radius 2 is 2.07 bits per heavy atom. The fourth-order valence-electron chi connectivity index (χ4n) is 1.51. The first kappa shape index (κ1) is 12.2. The van der Waals surface area contributed by atoms with E-state index in [0.717, 1.165) is 45.2 Å². The van der Waals surface area contributed by atoms with Gasteiger partial charge in [-0.2, -0.15) is 0 Å². The number of aliphatic imine (C=N–C) groups is 1. The molecule has 6 heteroatoms. The molecule has 0 atom stereocenters. The van der Waals surface area contributed by atoms with E-state index in [0.29, 0.717) is 13.1 Å². The number of hydrogen-bond acceptors (Lipinski definition) is 6. The average Bonchev–Trinajstić information content (AvgIpc) is 2.66. The maximum Gasteiger partial charge on any atom is 0.194 e. The highest BCUT2D eigenvalue weighted by Crippen LogP contribution is 1.97. The molecule has 1 aliphatic rings. The quantitative estimate of drug-likeness (QED) is 0.360. The van der Waals surface area contributed by atoms with Crippen molar-refractivity contribution in [2.24, 2.45) is 16.5 Å². The van der Waals surface area contributed by atoms with Gasteiger partial charge in [-0.3, -0.25) is 4.99 Å². The van der Waals surface area contributed by atoms with Crippen LogP contribution in [0.25, 0.3) is 0 Å². The molecule has 0 saturated carbocycles. The summed E-state index contributed by atoms with van der Waals surface area (Å²) in [6.45, 7) is 6.73. The molecule has 0 saturated heterocycles. The van der Waals surface area contributed by atoms with Gasteiger partial charge in [0.25, 0.3) is 0 Å². The molecule has 6 N–H and O–H groups in total. The summed E-state index contributed by atoms with van der Waals surface area (Å²) < 4.78 is 0. The molecule has 1 heterocycles. The average molecular weight is 214 g/mol. The summed E-state index contributed by atoms with van der Waals surface area (Å²) in [5.41, 5.74) is 10.9. The van der Waals surface area contributed by atoms with Gasteiger partial charge in [0.15, 0.2) is 5.96 Å². The van der Waals surface area contributed by atoms with Gasteiger partial charge in [0.2, 0.25) is 0 Å². The minimum Gasteiger partial charge on any atom is -0.355 e. The van der Waals surface area contributed by atoms with Crippen molar-refractivity contribution in [1.29, 1.82) is 0 Å². The van der Waals surface area contributed by atoms with Crippen molar-refractivity contribution in [2.75, 3.05) is 52.4 Å². The summed E-state index contributed by atoms with van der Waals surface area (Å²) in [7, 11) is 0. The van der Waals surface area contributed by atoms with Crippen molar-refractivity contribution < 1.29 is 0 Å². The normalized spacial score (nSPS) is 15.6. The highest BCUT2D eigenvalue weighted by atomic mass is 15.3. The zero-order valence-electron chi connectivity index (χ0n) is 9.21. The Hall–Kier alpha value is -0.850. The SMILES string of the molecule is NCCNCCNC1=NCCN1CCN. The molecular weight excluding hydrogens is 192 g/mol. The van der Waals surface area contributed by atoms with Crippen molar-refractivity contribution in [2.45, 2.75) is 0 Å². The van der Waals surface area contributed by atoms with E-state index in [1.807, 2.05) is 0 Å². The second kappa shape index (κ2) is 7.44. The van der Waals surface area contributed by atoms with Crippen LogP contribution in [0.1, 0.15) is 0 Å². The molecule has 1 aliphatic heterocycles. The van der Waals surface area contributed by atoms with Gasteiger partial charge in [-0.15, -0.1) is 0 Å². The lowest BCUT2D eigenvalue weighted by molar-refractivity contribution is 0.452. The molecule has 0 unspecified atom stereocenters. The fraction of sp³-hybridized carbons (Fsp3) is 0.889. The number of rotatable bonds is 7. The van der Waals surface area contributed by atoms with Gasteiger partial charge in [0, 0.05) is 45.8 Å². The van der Waals surface area contributed by atoms with Gasteiger partial charge < -0.3 is 27.0 Å². The van der Waals surface area contributed by atoms with Crippen LogP contribution in [0, 0.1) is 0 Å². The maximum atomic E-state index is 5.51. The zero-order chi connectivity index (χ0) is 10.9. The summed E-state index contributed by atoms with van der Waals surface area (Å²) in [6, 6.07) is 0. The fourth-order valence-corrected chi connectivity index (χ4v) is 1.51. The highest BCUT2D eigenvalue weighted by Gasteiger charge is 2.14. The number of guanidine groups is 1. The minimum absolute atomic E-state index is 0.673. The van der Waals surface area contributed by atoms with Gasteiger partial charge in [-0.25, -0.2) is 0 Å². The molecule has 0 aromatic carbocycles. The van der Waals surface area contributed by atoms with Crippen LogP contribution in [0.2, 0.25) is 0 Å². The van der Waals surface area contributed by atoms with E-state index in [1.165, 1.54) is 0 Å². The summed E-state index contributed by atoms with van der Waals surface area (Å²) in [5, 5.41) is 6.51. The Balaban J connectivity index is 2.09. The topological polar surface area (TPSA) is 91.7 Å². The van der Waals surface area contributed by atoms with Gasteiger partial charge in [0.05, 0.1) is 6.54 Å². The zero-order valence-corrected chi connectivity index (χ0v) is 9.21. The van der Waals surface area contributed by atoms with Crippen LogP contribution < -0.4 is 22.1 Å². The van der Waals surface area contributed by atoms with Gasteiger partial charge in [0.1, 0.15) is 0 Å². The number of nitrogens with one attached hydrogen (secondary N) is 2. The number of nitrogens with two attached hydrogens (primary N) is 2. The molecule has 0 bridgehead atoms. The van der Waals surface area contributed by atoms with Gasteiger partial charge in [-0.05, 0) is 0 Å². The summed E-state index contributed by atoms with van der Waals surface area (Å²) >= 11 is 0. The van der Waals surface area contributed by atoms with E-state index in [2.05, 4.69) is 20.5 Å². The molecule has 88 valence electrons. The molecule has 0 aromatic rings. The molecule has 0 aromatic heterocycles. The molecule has 0 amide bonds. The van der Waals surface area contributed by atoms with Crippen molar-refractivity contribution in [3.63, 3.8) is 0 Å². The Labute approximate surface area is 91.1 Å². The Kier molecular flexibility index (Phi) is 6.06. The molecule has 0 radical (unpaired) electrons. The first-order chi connectivity index (χ1) is 7.38. The van der Waals surface area contributed by atoms with Crippen LogP contribution in [-0.2, 0) is 0 Å². The Morgan fingerprint density at radius 3 is 2.80 bits per heavy atom. The molecule has 0 fully saturated rings. The smallest absolute Gasteiger partial charge is 0.194 e. The third-order valence-electron chi connectivity index (χ3n) is 2.24. The van der Waals surface area contributed by atoms with Crippen LogP contribution in [-0.4, -0.2) is 63.2 Å². The number of hydrogen-bond donors (Lipinski definition) is 4. The van der Waals surface area contributed by atoms with E-state index in [-0.39, 0.29) is 0 Å². The van der Waals surface area contributed by atoms with Crippen LogP contribution >= 0.6 is 0 Å². The van der Waals surface area contributed by atoms with Crippen LogP contribution in [0.5, 0.6) is 0 Å². The first-order valence-electron chi connectivity index (χ1n) is 5.52. The molecule has 6 nitrogen and oxygen atoms in total. The van der Waals surface area contributed by atoms with Crippen LogP contribution in [0.15, 0.2) is 4.99 Å². The van der Waals surface area contributed by atoms with E-state index in [9.17, 15) is 0 Å². The second-order valence-corrected chi connectivity index (χ2v) is 3.45. The van der Waals surface area contributed by atoms with E-state index >= 15 is 0 Å². The lowest BCUT2D eigenvalue weighted by atomic mass is 10.5. The largest absolute Gasteiger partial charge is 0.355 e. The second-order valence-electron chi connectivity index (χ2n) is 3.45. The summed E-state index contributed by atoms with van der Waals surface area (Å²) in [4.78, 5) is 6.56. The molecule has 1 rings (SSSR count). The van der Waals surface area contributed by atoms with E-state index < -0.39 is 0 Å². The highest BCUT2D eigenvalue weighted by molar-refractivity contribution is 5.81. The van der Waals surface area contributed by atoms with Crippen LogP contribution in [0.4, 0.5) is 0 Å². The molecular formula is C9H22N6. The Bertz CT molecular complexity index is 193. The van der Waals surface area contributed by atoms with Crippen LogP contribution in [0.3, 0.4) is 0 Å². The summed E-state index contributed by atoms with van der Waals surface area (Å²) in [6.07, 6.45) is 0. The number of nitrogens with zero attached hydrogens (tertiary/aromatic N) is 2. The lowest BCUT2D eigenvalue weighted by Crippen LogP contribution is -2.43. The van der Waals surface area contributed by atoms with Crippen molar-refractivity contribution in [1.82, 2.24) is 15.5 Å². The van der Waals surface area contributed by atoms with Crippen molar-refractivity contribution in [3.05, 3.63) is 0 Å². The molecule has 0 aliphatic carbocycles. The molecule has 15 heavy (non-hydrogen) atoms. The molecule has 0 spiro atoms. The summed E-state index contributed by atoms with van der Waals surface area (Å²) in [5.74, 6) is 0.981. The standard InChI is InChI=1S/C9H22N6/c10-1-3-12-4-5-13-9-14-6-8-15(9)7-2-11/h12H,1-8,10-11H2,(H,13,14). The minimum atomic E-state index is 0.673. The third-order valence-corrected chi connectivity index (χ3v) is 2.24. The van der Waals surface area contributed by atoms with Crippen molar-refractivity contribution in [3.8, 4) is 0 Å². The Morgan fingerprint density at radius 1 is 1.20 bits per heavy atom. The maximum absolute atomic E-state index is 5.51. The predicted octanol–water partition coefficient (Wildman–Crippen LogP) is -2.25. The first-order valence-corrected chi connectivity index (χ1v) is 5.52. The third kappa shape index (κ3) is 4.46.